The summed E-state index contributed by atoms with van der Waals surface area (Å²) in [7, 11) is 1.67. The third kappa shape index (κ3) is 3.48. The molecule has 1 aliphatic carbocycles. The highest BCUT2D eigenvalue weighted by Gasteiger charge is 2.56. The lowest BCUT2D eigenvalue weighted by Crippen LogP contribution is -2.34. The van der Waals surface area contributed by atoms with E-state index in [0.29, 0.717) is 12.1 Å². The summed E-state index contributed by atoms with van der Waals surface area (Å²) in [5.41, 5.74) is 1.49. The number of hydrogen-bond acceptors (Lipinski definition) is 2. The number of hydrogen-bond donors (Lipinski definition) is 0. The zero-order valence-electron chi connectivity index (χ0n) is 16.7. The van der Waals surface area contributed by atoms with Crippen LogP contribution in [0.1, 0.15) is 24.3 Å². The fraction of sp³-hybridized carbons (Fsp3) is 0.280. The Balaban J connectivity index is 1.64. The molecule has 0 amide bonds. The molecular weight excluding hydrogens is 361 g/mol. The van der Waals surface area contributed by atoms with Gasteiger partial charge in [0.15, 0.2) is 0 Å². The summed E-state index contributed by atoms with van der Waals surface area (Å²) in [4.78, 5) is 2.35. The molecule has 0 saturated heterocycles. The second kappa shape index (κ2) is 7.70. The van der Waals surface area contributed by atoms with Crippen molar-refractivity contribution in [2.24, 2.45) is 0 Å². The van der Waals surface area contributed by atoms with Crippen molar-refractivity contribution in [3.63, 3.8) is 0 Å². The van der Waals surface area contributed by atoms with Crippen LogP contribution in [0.2, 0.25) is 0 Å². The van der Waals surface area contributed by atoms with Crippen LogP contribution in [0.5, 0.6) is 0 Å². The van der Waals surface area contributed by atoms with E-state index in [1.54, 1.807) is 0 Å². The normalized spacial score (nSPS) is 21.6. The van der Waals surface area contributed by atoms with E-state index in [4.69, 9.17) is 0 Å². The number of nitrogens with zero attached hydrogens (tertiary/aromatic N) is 1. The summed E-state index contributed by atoms with van der Waals surface area (Å²) in [6.07, 6.45) is 2.76. The molecule has 3 aromatic carbocycles. The van der Waals surface area contributed by atoms with Gasteiger partial charge in [0.05, 0.1) is 0 Å². The second-order valence-electron chi connectivity index (χ2n) is 8.05. The van der Waals surface area contributed by atoms with Crippen LogP contribution in [0.4, 0.5) is 0 Å². The Morgan fingerprint density at radius 2 is 1.29 bits per heavy atom. The number of rotatable bonds is 7. The van der Waals surface area contributed by atoms with Gasteiger partial charge in [0.1, 0.15) is 7.14 Å². The Hall–Kier alpha value is -2.15. The molecule has 1 aliphatic rings. The van der Waals surface area contributed by atoms with E-state index in [1.165, 1.54) is 5.56 Å². The molecule has 0 aromatic heterocycles. The van der Waals surface area contributed by atoms with E-state index < -0.39 is 7.14 Å². The molecule has 144 valence electrons. The molecule has 0 bridgehead atoms. The van der Waals surface area contributed by atoms with Crippen molar-refractivity contribution in [1.82, 2.24) is 4.90 Å². The van der Waals surface area contributed by atoms with Crippen molar-refractivity contribution in [1.29, 1.82) is 0 Å². The molecule has 2 nitrogen and oxygen atoms in total. The first-order chi connectivity index (χ1) is 13.6. The van der Waals surface area contributed by atoms with Crippen molar-refractivity contribution < 1.29 is 4.57 Å². The predicted molar refractivity (Wildman–Crippen MR) is 119 cm³/mol. The highest BCUT2D eigenvalue weighted by Crippen LogP contribution is 2.59. The van der Waals surface area contributed by atoms with Crippen molar-refractivity contribution in [2.75, 3.05) is 20.3 Å². The van der Waals surface area contributed by atoms with Gasteiger partial charge in [-0.1, -0.05) is 91.0 Å². The van der Waals surface area contributed by atoms with E-state index in [1.807, 2.05) is 60.7 Å². The van der Waals surface area contributed by atoms with Gasteiger partial charge in [-0.2, -0.15) is 0 Å². The predicted octanol–water partition coefficient (Wildman–Crippen LogP) is 4.88. The van der Waals surface area contributed by atoms with Gasteiger partial charge in [-0.3, -0.25) is 0 Å². The van der Waals surface area contributed by atoms with Crippen LogP contribution < -0.4 is 10.6 Å². The minimum Gasteiger partial charge on any atom is -0.314 e. The molecular formula is C25H28NOP. The second-order valence-corrected chi connectivity index (χ2v) is 11.0. The smallest absolute Gasteiger partial charge is 0.143 e. The lowest BCUT2D eigenvalue weighted by molar-refractivity contribution is 0.256. The zero-order chi connectivity index (χ0) is 19.6. The molecule has 0 N–H and O–H groups in total. The van der Waals surface area contributed by atoms with Crippen molar-refractivity contribution in [3.05, 3.63) is 96.6 Å². The van der Waals surface area contributed by atoms with Gasteiger partial charge in [-0.25, -0.2) is 0 Å². The maximum atomic E-state index is 14.3. The molecule has 4 rings (SSSR count). The Kier molecular flexibility index (Phi) is 5.27. The van der Waals surface area contributed by atoms with Crippen LogP contribution in [0, 0.1) is 0 Å². The first-order valence-corrected chi connectivity index (χ1v) is 11.9. The molecule has 0 radical (unpaired) electrons. The van der Waals surface area contributed by atoms with Gasteiger partial charge in [0.2, 0.25) is 0 Å². The van der Waals surface area contributed by atoms with Crippen LogP contribution in [0.25, 0.3) is 0 Å². The molecule has 0 spiro atoms. The van der Waals surface area contributed by atoms with Gasteiger partial charge < -0.3 is 9.46 Å². The standard InChI is InChI=1S/C25H28NOP/c1-26(2)25(20-24(25)21-12-6-3-7-13-21)18-19-28(27,22-14-8-4-9-15-22)23-16-10-5-11-17-23/h3-17,24H,18-20H2,1-2H3/t24-,25-/m0/s1. The lowest BCUT2D eigenvalue weighted by Gasteiger charge is -2.29. The van der Waals surface area contributed by atoms with Gasteiger partial charge in [-0.15, -0.1) is 0 Å². The van der Waals surface area contributed by atoms with E-state index >= 15 is 0 Å². The topological polar surface area (TPSA) is 20.3 Å². The van der Waals surface area contributed by atoms with Crippen LogP contribution in [0.3, 0.4) is 0 Å². The van der Waals surface area contributed by atoms with E-state index in [0.717, 1.165) is 23.5 Å². The monoisotopic (exact) mass is 389 g/mol. The highest BCUT2D eigenvalue weighted by atomic mass is 31.2. The Morgan fingerprint density at radius 3 is 1.75 bits per heavy atom. The molecule has 0 heterocycles. The van der Waals surface area contributed by atoms with Crippen LogP contribution in [-0.2, 0) is 4.57 Å². The average Bonchev–Trinajstić information content (AvgIpc) is 3.50. The minimum absolute atomic E-state index is 0.0978. The molecule has 1 saturated carbocycles. The fourth-order valence-corrected chi connectivity index (χ4v) is 7.32. The molecule has 1 fully saturated rings. The van der Waals surface area contributed by atoms with Gasteiger partial charge in [0, 0.05) is 28.2 Å². The van der Waals surface area contributed by atoms with Crippen LogP contribution in [-0.4, -0.2) is 30.7 Å². The molecule has 0 unspecified atom stereocenters. The maximum absolute atomic E-state index is 14.3. The van der Waals surface area contributed by atoms with E-state index in [9.17, 15) is 4.57 Å². The Labute approximate surface area is 168 Å². The van der Waals surface area contributed by atoms with Crippen molar-refractivity contribution in [3.8, 4) is 0 Å². The maximum Gasteiger partial charge on any atom is 0.143 e. The third-order valence-electron chi connectivity index (χ3n) is 6.34. The number of likely N-dealkylation sites (N-methyl/N-ethyl adjacent to an activating group) is 1. The summed E-state index contributed by atoms with van der Waals surface area (Å²) in [6, 6.07) is 30.8. The van der Waals surface area contributed by atoms with Crippen LogP contribution in [0.15, 0.2) is 91.0 Å². The average molecular weight is 389 g/mol. The fourth-order valence-electron chi connectivity index (χ4n) is 4.50. The molecule has 2 atom stereocenters. The Bertz CT molecular complexity index is 912. The summed E-state index contributed by atoms with van der Waals surface area (Å²) in [6.45, 7) is 0. The SMILES string of the molecule is CN(C)[C@@]1(CCP(=O)(c2ccccc2)c2ccccc2)C[C@H]1c1ccccc1. The molecule has 28 heavy (non-hydrogen) atoms. The first-order valence-electron chi connectivity index (χ1n) is 9.99. The minimum atomic E-state index is -2.66. The summed E-state index contributed by atoms with van der Waals surface area (Å²) in [5.74, 6) is 0.517. The summed E-state index contributed by atoms with van der Waals surface area (Å²) >= 11 is 0. The highest BCUT2D eigenvalue weighted by molar-refractivity contribution is 7.78. The summed E-state index contributed by atoms with van der Waals surface area (Å²) in [5, 5.41) is 1.93. The first kappa shape index (κ1) is 19.2. The van der Waals surface area contributed by atoms with Gasteiger partial charge in [0.25, 0.3) is 0 Å². The molecule has 3 aromatic rings. The quantitative estimate of drug-likeness (QED) is 0.537. The van der Waals surface area contributed by atoms with Crippen LogP contribution >= 0.6 is 7.14 Å². The lowest BCUT2D eigenvalue weighted by atomic mass is 10.0. The summed E-state index contributed by atoms with van der Waals surface area (Å²) < 4.78 is 14.3. The molecule has 3 heteroatoms. The Morgan fingerprint density at radius 1 is 0.821 bits per heavy atom. The van der Waals surface area contributed by atoms with Gasteiger partial charge >= 0.3 is 0 Å². The zero-order valence-corrected chi connectivity index (χ0v) is 17.6. The van der Waals surface area contributed by atoms with E-state index in [-0.39, 0.29) is 5.54 Å². The largest absolute Gasteiger partial charge is 0.314 e. The molecule has 0 aliphatic heterocycles. The van der Waals surface area contributed by atoms with Gasteiger partial charge in [-0.05, 0) is 32.5 Å². The number of benzene rings is 3. The third-order valence-corrected chi connectivity index (χ3v) is 9.46. The van der Waals surface area contributed by atoms with Crippen molar-refractivity contribution >= 4 is 17.8 Å². The van der Waals surface area contributed by atoms with Crippen molar-refractivity contribution in [2.45, 2.75) is 24.3 Å². The van der Waals surface area contributed by atoms with E-state index in [2.05, 4.69) is 49.3 Å².